The van der Waals surface area contributed by atoms with Crippen LogP contribution in [0.5, 0.6) is 5.75 Å². The summed E-state index contributed by atoms with van der Waals surface area (Å²) in [5.74, 6) is 0.108. The van der Waals surface area contributed by atoms with E-state index < -0.39 is 0 Å². The highest BCUT2D eigenvalue weighted by Crippen LogP contribution is 2.25. The number of amides is 1. The van der Waals surface area contributed by atoms with Crippen LogP contribution in [0.3, 0.4) is 0 Å². The normalized spacial score (nSPS) is 15.5. The fourth-order valence-corrected chi connectivity index (χ4v) is 3.25. The lowest BCUT2D eigenvalue weighted by molar-refractivity contribution is -0.592. The lowest BCUT2D eigenvalue weighted by atomic mass is 10.0. The largest absolute Gasteiger partial charge is 0.711 e. The van der Waals surface area contributed by atoms with Gasteiger partial charge in [0.2, 0.25) is 5.75 Å². The summed E-state index contributed by atoms with van der Waals surface area (Å²) in [6.07, 6.45) is 2.79. The molecule has 1 aliphatic rings. The molecule has 7 nitrogen and oxygen atoms in total. The maximum absolute atomic E-state index is 12.3. The molecule has 0 aliphatic carbocycles. The molecule has 0 spiro atoms. The molecule has 128 valence electrons. The van der Waals surface area contributed by atoms with Crippen LogP contribution in [0.25, 0.3) is 0 Å². The van der Waals surface area contributed by atoms with Gasteiger partial charge in [0.15, 0.2) is 0 Å². The van der Waals surface area contributed by atoms with E-state index in [1.54, 1.807) is 6.07 Å². The quantitative estimate of drug-likeness (QED) is 0.546. The smallest absolute Gasteiger partial charge is 0.322 e. The highest BCUT2D eigenvalue weighted by Gasteiger charge is 2.29. The molecule has 8 heteroatoms. The van der Waals surface area contributed by atoms with Crippen molar-refractivity contribution in [2.24, 2.45) is 0 Å². The molecule has 1 saturated heterocycles. The van der Waals surface area contributed by atoms with Crippen LogP contribution < -0.4 is 14.9 Å². The Morgan fingerprint density at radius 1 is 1.50 bits per heavy atom. The molecule has 2 aromatic heterocycles. The Bertz CT molecular complexity index is 714. The van der Waals surface area contributed by atoms with Crippen molar-refractivity contribution in [1.82, 2.24) is 10.3 Å². The number of aromatic nitrogens is 2. The number of nitrogens with one attached hydrogen (secondary N) is 2. The van der Waals surface area contributed by atoms with Gasteiger partial charge in [-0.1, -0.05) is 0 Å². The minimum Gasteiger partial charge on any atom is -0.711 e. The van der Waals surface area contributed by atoms with Crippen LogP contribution in [-0.4, -0.2) is 35.1 Å². The molecule has 0 radical (unpaired) electrons. The van der Waals surface area contributed by atoms with E-state index in [0.29, 0.717) is 36.4 Å². The first-order valence-corrected chi connectivity index (χ1v) is 8.57. The molecule has 0 unspecified atom stereocenters. The molecule has 3 N–H and O–H groups in total. The van der Waals surface area contributed by atoms with Crippen molar-refractivity contribution in [3.05, 3.63) is 45.5 Å². The minimum absolute atomic E-state index is 0.0262. The number of nitrogens with zero attached hydrogens (tertiary/aromatic N) is 2. The molecule has 1 aliphatic heterocycles. The highest BCUT2D eigenvalue weighted by atomic mass is 79.9. The van der Waals surface area contributed by atoms with Crippen LogP contribution >= 0.6 is 15.9 Å². The second kappa shape index (κ2) is 6.72. The van der Waals surface area contributed by atoms with Crippen molar-refractivity contribution in [1.29, 1.82) is 0 Å². The van der Waals surface area contributed by atoms with Gasteiger partial charge in [0.25, 0.3) is 5.91 Å². The Kier molecular flexibility index (Phi) is 4.66. The van der Waals surface area contributed by atoms with E-state index in [4.69, 9.17) is 0 Å². The molecule has 0 saturated carbocycles. The van der Waals surface area contributed by atoms with Crippen LogP contribution in [-0.2, 0) is 0 Å². The standard InChI is InChI=1S/C16H19BrN4O3/c1-10-12(17)9-13(18-10)15(23)19-11-4-7-20(8-5-11)16-14(22)3-2-6-21(16)24/h2-3,6,9,11,18,22H,4-5,7-8H2,1H3,(H,19,23). The van der Waals surface area contributed by atoms with Crippen LogP contribution in [0, 0.1) is 12.1 Å². The number of piperidine rings is 1. The van der Waals surface area contributed by atoms with Gasteiger partial charge in [-0.3, -0.25) is 9.69 Å². The van der Waals surface area contributed by atoms with Gasteiger partial charge in [-0.05, 0) is 41.1 Å². The van der Waals surface area contributed by atoms with Crippen molar-refractivity contribution in [3.8, 4) is 5.75 Å². The third-order valence-electron chi connectivity index (χ3n) is 4.24. The lowest BCUT2D eigenvalue weighted by Gasteiger charge is -2.29. The molecular formula is C16H19BrN4O3. The lowest BCUT2D eigenvalue weighted by Crippen LogP contribution is -2.48. The van der Waals surface area contributed by atoms with E-state index in [1.807, 2.05) is 11.8 Å². The Labute approximate surface area is 148 Å². The third-order valence-corrected chi connectivity index (χ3v) is 5.06. The number of aryl methyl sites for hydroxylation is 1. The molecular weight excluding hydrogens is 376 g/mol. The topological polar surface area (TPSA) is 95.3 Å². The first-order valence-electron chi connectivity index (χ1n) is 7.78. The average Bonchev–Trinajstić information content (AvgIpc) is 2.88. The summed E-state index contributed by atoms with van der Waals surface area (Å²) in [5, 5.41) is 24.8. The van der Waals surface area contributed by atoms with Gasteiger partial charge < -0.3 is 20.6 Å². The molecule has 3 rings (SSSR count). The number of carbonyl (C=O) groups is 1. The van der Waals surface area contributed by atoms with Crippen molar-refractivity contribution >= 4 is 27.7 Å². The number of carbonyl (C=O) groups excluding carboxylic acids is 1. The summed E-state index contributed by atoms with van der Waals surface area (Å²) >= 11 is 3.38. The summed E-state index contributed by atoms with van der Waals surface area (Å²) in [4.78, 5) is 17.2. The van der Waals surface area contributed by atoms with Gasteiger partial charge in [0.1, 0.15) is 5.69 Å². The summed E-state index contributed by atoms with van der Waals surface area (Å²) in [5.41, 5.74) is 1.44. The van der Waals surface area contributed by atoms with Crippen LogP contribution in [0.1, 0.15) is 29.0 Å². The van der Waals surface area contributed by atoms with Gasteiger partial charge in [-0.2, -0.15) is 0 Å². The number of H-pyrrole nitrogens is 1. The molecule has 0 bridgehead atoms. The Morgan fingerprint density at radius 3 is 2.79 bits per heavy atom. The monoisotopic (exact) mass is 394 g/mol. The van der Waals surface area contributed by atoms with E-state index in [1.165, 1.54) is 18.3 Å². The highest BCUT2D eigenvalue weighted by molar-refractivity contribution is 9.10. The fourth-order valence-electron chi connectivity index (χ4n) is 2.93. The number of hydrogen-bond acceptors (Lipinski definition) is 4. The van der Waals surface area contributed by atoms with Crippen LogP contribution in [0.15, 0.2) is 28.9 Å². The Morgan fingerprint density at radius 2 is 2.21 bits per heavy atom. The summed E-state index contributed by atoms with van der Waals surface area (Å²) in [6.45, 7) is 3.08. The summed E-state index contributed by atoms with van der Waals surface area (Å²) in [7, 11) is 0. The number of aromatic hydroxyl groups is 1. The van der Waals surface area contributed by atoms with Crippen molar-refractivity contribution in [2.75, 3.05) is 18.0 Å². The Balaban J connectivity index is 1.60. The van der Waals surface area contributed by atoms with Gasteiger partial charge in [0, 0.05) is 29.1 Å². The molecule has 3 heterocycles. The second-order valence-corrected chi connectivity index (χ2v) is 6.79. The minimum atomic E-state index is -0.135. The zero-order valence-corrected chi connectivity index (χ0v) is 14.8. The number of halogens is 1. The first kappa shape index (κ1) is 16.6. The molecule has 0 atom stereocenters. The molecule has 1 amide bonds. The maximum Gasteiger partial charge on any atom is 0.322 e. The summed E-state index contributed by atoms with van der Waals surface area (Å²) in [6, 6.07) is 4.82. The predicted octanol–water partition coefficient (Wildman–Crippen LogP) is 1.82. The fraction of sp³-hybridized carbons (Fsp3) is 0.375. The van der Waals surface area contributed by atoms with E-state index in [-0.39, 0.29) is 23.5 Å². The number of pyridine rings is 1. The average molecular weight is 395 g/mol. The zero-order valence-electron chi connectivity index (χ0n) is 13.3. The van der Waals surface area contributed by atoms with Gasteiger partial charge >= 0.3 is 5.82 Å². The van der Waals surface area contributed by atoms with Gasteiger partial charge in [-0.25, -0.2) is 4.73 Å². The van der Waals surface area contributed by atoms with Crippen LogP contribution in [0.4, 0.5) is 5.82 Å². The van der Waals surface area contributed by atoms with Crippen molar-refractivity contribution in [3.63, 3.8) is 0 Å². The van der Waals surface area contributed by atoms with E-state index in [2.05, 4.69) is 26.2 Å². The van der Waals surface area contributed by atoms with E-state index in [0.717, 1.165) is 10.2 Å². The van der Waals surface area contributed by atoms with E-state index >= 15 is 0 Å². The third kappa shape index (κ3) is 3.33. The van der Waals surface area contributed by atoms with Gasteiger partial charge in [0.05, 0.1) is 19.3 Å². The molecule has 1 fully saturated rings. The number of anilines is 1. The van der Waals surface area contributed by atoms with Crippen molar-refractivity contribution in [2.45, 2.75) is 25.8 Å². The molecule has 24 heavy (non-hydrogen) atoms. The Hall–Kier alpha value is -2.22. The second-order valence-electron chi connectivity index (χ2n) is 5.93. The number of hydrogen-bond donors (Lipinski definition) is 3. The molecule has 2 aromatic rings. The first-order chi connectivity index (χ1) is 11.5. The predicted molar refractivity (Wildman–Crippen MR) is 93.0 cm³/mol. The number of aromatic amines is 1. The number of rotatable bonds is 3. The van der Waals surface area contributed by atoms with Gasteiger partial charge in [-0.15, -0.1) is 0 Å². The maximum atomic E-state index is 12.3. The molecule has 0 aromatic carbocycles. The summed E-state index contributed by atoms with van der Waals surface area (Å²) < 4.78 is 1.55. The zero-order chi connectivity index (χ0) is 17.3. The van der Waals surface area contributed by atoms with E-state index in [9.17, 15) is 15.1 Å². The SMILES string of the molecule is Cc1[nH]c(C(=O)NC2CCN(c3c(O)ccc[n+]3[O-])CC2)cc1Br. The van der Waals surface area contributed by atoms with Crippen molar-refractivity contribution < 1.29 is 14.6 Å². The van der Waals surface area contributed by atoms with Crippen LogP contribution in [0.2, 0.25) is 0 Å².